The zero-order valence-corrected chi connectivity index (χ0v) is 16.2. The number of carbonyl (C=O) groups excluding carboxylic acids is 2. The highest BCUT2D eigenvalue weighted by Gasteiger charge is 2.26. The van der Waals surface area contributed by atoms with Gasteiger partial charge in [0.2, 0.25) is 0 Å². The number of urea groups is 2. The van der Waals surface area contributed by atoms with Crippen LogP contribution < -0.4 is 21.3 Å². The molecule has 0 aromatic carbocycles. The second-order valence-electron chi connectivity index (χ2n) is 8.22. The molecule has 4 N–H and O–H groups in total. The average Bonchev–Trinajstić information content (AvgIpc) is 2.48. The lowest BCUT2D eigenvalue weighted by atomic mass is 9.91. The number of nitrogens with one attached hydrogen (secondary N) is 4. The molecule has 24 heavy (non-hydrogen) atoms. The van der Waals surface area contributed by atoms with Crippen molar-refractivity contribution in [3.8, 4) is 0 Å². The molecule has 6 heteroatoms. The van der Waals surface area contributed by atoms with E-state index in [1.165, 1.54) is 0 Å². The Hall–Kier alpha value is -1.46. The highest BCUT2D eigenvalue weighted by Crippen LogP contribution is 2.19. The van der Waals surface area contributed by atoms with Crippen LogP contribution in [0.5, 0.6) is 0 Å². The molecule has 0 heterocycles. The third kappa shape index (κ3) is 7.41. The molecule has 6 nitrogen and oxygen atoms in total. The predicted molar refractivity (Wildman–Crippen MR) is 98.1 cm³/mol. The molecule has 0 bridgehead atoms. The Balaban J connectivity index is 2.31. The Labute approximate surface area is 146 Å². The Kier molecular flexibility index (Phi) is 7.36. The fourth-order valence-corrected chi connectivity index (χ4v) is 2.62. The summed E-state index contributed by atoms with van der Waals surface area (Å²) in [6.45, 7) is 12.2. The third-order valence-corrected chi connectivity index (χ3v) is 5.07. The molecule has 0 unspecified atom stereocenters. The van der Waals surface area contributed by atoms with E-state index in [1.54, 1.807) is 0 Å². The van der Waals surface area contributed by atoms with E-state index in [1.807, 2.05) is 27.7 Å². The van der Waals surface area contributed by atoms with Gasteiger partial charge < -0.3 is 21.3 Å². The van der Waals surface area contributed by atoms with E-state index >= 15 is 0 Å². The first-order chi connectivity index (χ1) is 11.1. The minimum Gasteiger partial charge on any atom is -0.335 e. The topological polar surface area (TPSA) is 82.3 Å². The van der Waals surface area contributed by atoms with Crippen molar-refractivity contribution in [3.05, 3.63) is 0 Å². The summed E-state index contributed by atoms with van der Waals surface area (Å²) in [6, 6.07) is 0.179. The van der Waals surface area contributed by atoms with Crippen LogP contribution >= 0.6 is 0 Å². The zero-order chi connectivity index (χ0) is 18.4. The maximum atomic E-state index is 12.0. The van der Waals surface area contributed by atoms with Crippen LogP contribution in [0.2, 0.25) is 0 Å². The van der Waals surface area contributed by atoms with Gasteiger partial charge in [-0.15, -0.1) is 0 Å². The van der Waals surface area contributed by atoms with Gasteiger partial charge in [0.15, 0.2) is 0 Å². The molecule has 4 amide bonds. The van der Waals surface area contributed by atoms with Crippen molar-refractivity contribution in [2.75, 3.05) is 0 Å². The van der Waals surface area contributed by atoms with Crippen molar-refractivity contribution in [1.29, 1.82) is 0 Å². The van der Waals surface area contributed by atoms with Gasteiger partial charge in [-0.3, -0.25) is 0 Å². The summed E-state index contributed by atoms with van der Waals surface area (Å²) in [5, 5.41) is 12.1. The molecule has 0 aromatic heterocycles. The maximum Gasteiger partial charge on any atom is 0.315 e. The van der Waals surface area contributed by atoms with Gasteiger partial charge in [0.05, 0.1) is 0 Å². The minimum atomic E-state index is -0.187. The number of amides is 4. The average molecular weight is 341 g/mol. The Bertz CT molecular complexity index is 387. The highest BCUT2D eigenvalue weighted by molar-refractivity contribution is 5.75. The molecular weight excluding hydrogens is 304 g/mol. The van der Waals surface area contributed by atoms with Crippen molar-refractivity contribution in [1.82, 2.24) is 21.3 Å². The van der Waals surface area contributed by atoms with E-state index in [9.17, 15) is 9.59 Å². The van der Waals surface area contributed by atoms with Crippen LogP contribution in [-0.4, -0.2) is 35.2 Å². The van der Waals surface area contributed by atoms with Crippen LogP contribution in [0.25, 0.3) is 0 Å². The largest absolute Gasteiger partial charge is 0.335 e. The maximum absolute atomic E-state index is 12.0. The van der Waals surface area contributed by atoms with Crippen LogP contribution in [0, 0.1) is 0 Å². The Morgan fingerprint density at radius 1 is 0.750 bits per heavy atom. The molecule has 1 saturated carbocycles. The monoisotopic (exact) mass is 340 g/mol. The van der Waals surface area contributed by atoms with E-state index in [-0.39, 0.29) is 35.2 Å². The van der Waals surface area contributed by atoms with E-state index in [0.29, 0.717) is 0 Å². The van der Waals surface area contributed by atoms with Gasteiger partial charge in [-0.25, -0.2) is 9.59 Å². The quantitative estimate of drug-likeness (QED) is 0.598. The summed E-state index contributed by atoms with van der Waals surface area (Å²) in [5.74, 6) is 0. The lowest BCUT2D eigenvalue weighted by molar-refractivity contribution is 0.210. The van der Waals surface area contributed by atoms with E-state index in [4.69, 9.17) is 0 Å². The van der Waals surface area contributed by atoms with Crippen LogP contribution in [-0.2, 0) is 0 Å². The SMILES string of the molecule is CCC(C)(C)NC(=O)NC1CCC(NC(=O)NC(C)(C)CC)CC1. The molecule has 1 rings (SSSR count). The van der Waals surface area contributed by atoms with Gasteiger partial charge in [-0.05, 0) is 66.2 Å². The molecule has 0 atom stereocenters. The summed E-state index contributed by atoms with van der Waals surface area (Å²) in [4.78, 5) is 24.1. The molecule has 1 aliphatic rings. The number of hydrogen-bond donors (Lipinski definition) is 4. The van der Waals surface area contributed by atoms with E-state index in [2.05, 4.69) is 35.1 Å². The van der Waals surface area contributed by atoms with Gasteiger partial charge in [0, 0.05) is 23.2 Å². The first-order valence-corrected chi connectivity index (χ1v) is 9.24. The van der Waals surface area contributed by atoms with Crippen molar-refractivity contribution in [2.24, 2.45) is 0 Å². The summed E-state index contributed by atoms with van der Waals surface area (Å²) in [7, 11) is 0. The van der Waals surface area contributed by atoms with Crippen LogP contribution in [0.1, 0.15) is 80.1 Å². The van der Waals surface area contributed by atoms with Gasteiger partial charge >= 0.3 is 12.1 Å². The second-order valence-corrected chi connectivity index (χ2v) is 8.22. The van der Waals surface area contributed by atoms with Gasteiger partial charge in [0.1, 0.15) is 0 Å². The molecule has 0 aromatic rings. The van der Waals surface area contributed by atoms with Gasteiger partial charge in [0.25, 0.3) is 0 Å². The molecule has 140 valence electrons. The summed E-state index contributed by atoms with van der Waals surface area (Å²) in [5.41, 5.74) is -0.375. The number of rotatable bonds is 6. The fourth-order valence-electron chi connectivity index (χ4n) is 2.62. The van der Waals surface area contributed by atoms with E-state index < -0.39 is 0 Å². The Morgan fingerprint density at radius 3 is 1.29 bits per heavy atom. The predicted octanol–water partition coefficient (Wildman–Crippen LogP) is 3.27. The fraction of sp³-hybridized carbons (Fsp3) is 0.889. The van der Waals surface area contributed by atoms with Crippen LogP contribution in [0.3, 0.4) is 0 Å². The molecule has 1 aliphatic carbocycles. The van der Waals surface area contributed by atoms with Crippen LogP contribution in [0.4, 0.5) is 9.59 Å². The molecular formula is C18H36N4O2. The second kappa shape index (κ2) is 8.58. The van der Waals surface area contributed by atoms with E-state index in [0.717, 1.165) is 38.5 Å². The summed E-state index contributed by atoms with van der Waals surface area (Å²) >= 11 is 0. The first-order valence-electron chi connectivity index (χ1n) is 9.24. The third-order valence-electron chi connectivity index (χ3n) is 5.07. The summed E-state index contributed by atoms with van der Waals surface area (Å²) in [6.07, 6.45) is 5.34. The Morgan fingerprint density at radius 2 is 1.04 bits per heavy atom. The van der Waals surface area contributed by atoms with Crippen molar-refractivity contribution in [2.45, 2.75) is 103 Å². The highest BCUT2D eigenvalue weighted by atomic mass is 16.2. The molecule has 1 fully saturated rings. The smallest absolute Gasteiger partial charge is 0.315 e. The van der Waals surface area contributed by atoms with Crippen molar-refractivity contribution < 1.29 is 9.59 Å². The lowest BCUT2D eigenvalue weighted by Crippen LogP contribution is -2.54. The van der Waals surface area contributed by atoms with Crippen molar-refractivity contribution >= 4 is 12.1 Å². The first kappa shape index (κ1) is 20.6. The summed E-state index contributed by atoms with van der Waals surface area (Å²) < 4.78 is 0. The molecule has 0 spiro atoms. The van der Waals surface area contributed by atoms with Crippen LogP contribution in [0.15, 0.2) is 0 Å². The van der Waals surface area contributed by atoms with Crippen molar-refractivity contribution in [3.63, 3.8) is 0 Å². The number of hydrogen-bond acceptors (Lipinski definition) is 2. The standard InChI is InChI=1S/C18H36N4O2/c1-7-17(3,4)21-15(23)19-13-9-11-14(12-10-13)20-16(24)22-18(5,6)8-2/h13-14H,7-12H2,1-6H3,(H2,19,21,23)(H2,20,22,24). The lowest BCUT2D eigenvalue weighted by Gasteiger charge is -2.32. The molecule has 0 saturated heterocycles. The number of carbonyl (C=O) groups is 2. The minimum absolute atomic E-state index is 0.0966. The normalized spacial score (nSPS) is 21.8. The van der Waals surface area contributed by atoms with Gasteiger partial charge in [-0.2, -0.15) is 0 Å². The molecule has 0 aliphatic heterocycles. The molecule has 0 radical (unpaired) electrons. The zero-order valence-electron chi connectivity index (χ0n) is 16.2. The van der Waals surface area contributed by atoms with Gasteiger partial charge in [-0.1, -0.05) is 13.8 Å².